The first kappa shape index (κ1) is 12.9. The van der Waals surface area contributed by atoms with E-state index in [2.05, 4.69) is 4.90 Å². The van der Waals surface area contributed by atoms with E-state index in [1.807, 2.05) is 7.05 Å². The molecule has 1 aliphatic rings. The Morgan fingerprint density at radius 2 is 1.93 bits per heavy atom. The Hall–Kier alpha value is -0.170. The average molecular weight is 235 g/mol. The van der Waals surface area contributed by atoms with Gasteiger partial charge in [-0.15, -0.1) is 0 Å². The molecule has 15 heavy (non-hydrogen) atoms. The molecule has 1 fully saturated rings. The van der Waals surface area contributed by atoms with Crippen LogP contribution in [0.1, 0.15) is 12.8 Å². The van der Waals surface area contributed by atoms with Crippen LogP contribution in [-0.2, 0) is 10.0 Å². The highest BCUT2D eigenvalue weighted by Crippen LogP contribution is 2.08. The fraction of sp³-hybridized carbons (Fsp3) is 1.00. The Balaban J connectivity index is 2.54. The first-order valence-electron chi connectivity index (χ1n) is 5.42. The molecule has 0 spiro atoms. The maximum Gasteiger partial charge on any atom is 0.214 e. The van der Waals surface area contributed by atoms with E-state index in [1.54, 1.807) is 4.31 Å². The summed E-state index contributed by atoms with van der Waals surface area (Å²) in [6.07, 6.45) is 1.47. The van der Waals surface area contributed by atoms with Gasteiger partial charge in [-0.1, -0.05) is 0 Å². The van der Waals surface area contributed by atoms with E-state index in [0.29, 0.717) is 26.1 Å². The van der Waals surface area contributed by atoms with Crippen LogP contribution in [0.4, 0.5) is 0 Å². The lowest BCUT2D eigenvalue weighted by molar-refractivity contribution is 0.347. The van der Waals surface area contributed by atoms with E-state index in [9.17, 15) is 8.42 Å². The first-order chi connectivity index (χ1) is 7.06. The molecule has 6 heteroatoms. The van der Waals surface area contributed by atoms with Gasteiger partial charge >= 0.3 is 0 Å². The first-order valence-corrected chi connectivity index (χ1v) is 7.03. The third kappa shape index (κ3) is 4.06. The van der Waals surface area contributed by atoms with Crippen LogP contribution in [0.3, 0.4) is 0 Å². The fourth-order valence-electron chi connectivity index (χ4n) is 1.70. The molecule has 0 radical (unpaired) electrons. The number of nitrogens with two attached hydrogens (primary N) is 1. The van der Waals surface area contributed by atoms with Crippen LogP contribution in [-0.4, -0.2) is 63.1 Å². The van der Waals surface area contributed by atoms with Crippen molar-refractivity contribution < 1.29 is 8.42 Å². The molecule has 90 valence electrons. The van der Waals surface area contributed by atoms with Gasteiger partial charge in [0.1, 0.15) is 0 Å². The largest absolute Gasteiger partial charge is 0.330 e. The molecule has 0 aromatic carbocycles. The van der Waals surface area contributed by atoms with Crippen molar-refractivity contribution in [2.75, 3.05) is 45.5 Å². The number of sulfonamides is 1. The summed E-state index contributed by atoms with van der Waals surface area (Å²) in [5.41, 5.74) is 5.33. The molecule has 1 aliphatic heterocycles. The van der Waals surface area contributed by atoms with Crippen LogP contribution in [0.2, 0.25) is 0 Å². The van der Waals surface area contributed by atoms with Gasteiger partial charge in [0.25, 0.3) is 0 Å². The summed E-state index contributed by atoms with van der Waals surface area (Å²) in [4.78, 5) is 2.17. The van der Waals surface area contributed by atoms with Crippen LogP contribution in [0, 0.1) is 0 Å². The van der Waals surface area contributed by atoms with Crippen LogP contribution in [0.25, 0.3) is 0 Å². The Bertz CT molecular complexity index is 279. The number of hydrogen-bond acceptors (Lipinski definition) is 4. The lowest BCUT2D eigenvalue weighted by Gasteiger charge is -2.19. The minimum atomic E-state index is -3.07. The SMILES string of the molecule is CN1CCCN(S(=O)(=O)CCCN)CC1. The summed E-state index contributed by atoms with van der Waals surface area (Å²) in [6, 6.07) is 0. The molecule has 1 rings (SSSR count). The maximum absolute atomic E-state index is 11.9. The molecule has 0 atom stereocenters. The van der Waals surface area contributed by atoms with Crippen molar-refractivity contribution in [3.8, 4) is 0 Å². The topological polar surface area (TPSA) is 66.6 Å². The predicted octanol–water partition coefficient (Wildman–Crippen LogP) is -0.697. The van der Waals surface area contributed by atoms with Crippen molar-refractivity contribution in [2.24, 2.45) is 5.73 Å². The highest BCUT2D eigenvalue weighted by Gasteiger charge is 2.23. The Morgan fingerprint density at radius 1 is 1.20 bits per heavy atom. The molecular formula is C9H21N3O2S. The minimum Gasteiger partial charge on any atom is -0.330 e. The molecule has 1 heterocycles. The van der Waals surface area contributed by atoms with Gasteiger partial charge in [0.15, 0.2) is 0 Å². The van der Waals surface area contributed by atoms with Crippen molar-refractivity contribution in [3.63, 3.8) is 0 Å². The smallest absolute Gasteiger partial charge is 0.214 e. The van der Waals surface area contributed by atoms with Crippen molar-refractivity contribution in [1.82, 2.24) is 9.21 Å². The lowest BCUT2D eigenvalue weighted by Crippen LogP contribution is -2.36. The summed E-state index contributed by atoms with van der Waals surface area (Å²) < 4.78 is 25.3. The van der Waals surface area contributed by atoms with Gasteiger partial charge in [-0.05, 0) is 33.0 Å². The number of likely N-dealkylation sites (N-methyl/N-ethyl adjacent to an activating group) is 1. The van der Waals surface area contributed by atoms with E-state index in [1.165, 1.54) is 0 Å². The van der Waals surface area contributed by atoms with E-state index in [-0.39, 0.29) is 5.75 Å². The summed E-state index contributed by atoms with van der Waals surface area (Å²) in [6.45, 7) is 3.50. The molecule has 0 amide bonds. The van der Waals surface area contributed by atoms with Gasteiger partial charge in [-0.2, -0.15) is 0 Å². The molecule has 0 unspecified atom stereocenters. The van der Waals surface area contributed by atoms with Gasteiger partial charge in [0.05, 0.1) is 5.75 Å². The predicted molar refractivity (Wildman–Crippen MR) is 61.1 cm³/mol. The molecule has 5 nitrogen and oxygen atoms in total. The van der Waals surface area contributed by atoms with E-state index >= 15 is 0 Å². The second kappa shape index (κ2) is 5.79. The van der Waals surface area contributed by atoms with Gasteiger partial charge in [-0.25, -0.2) is 12.7 Å². The third-order valence-electron chi connectivity index (χ3n) is 2.68. The van der Waals surface area contributed by atoms with Crippen molar-refractivity contribution in [1.29, 1.82) is 0 Å². The van der Waals surface area contributed by atoms with Crippen LogP contribution >= 0.6 is 0 Å². The minimum absolute atomic E-state index is 0.188. The van der Waals surface area contributed by atoms with Crippen molar-refractivity contribution in [3.05, 3.63) is 0 Å². The number of rotatable bonds is 4. The van der Waals surface area contributed by atoms with E-state index in [0.717, 1.165) is 19.5 Å². The second-order valence-corrected chi connectivity index (χ2v) is 6.10. The molecule has 0 saturated carbocycles. The molecule has 2 N–H and O–H groups in total. The zero-order valence-electron chi connectivity index (χ0n) is 9.35. The Morgan fingerprint density at radius 3 is 2.60 bits per heavy atom. The van der Waals surface area contributed by atoms with Crippen LogP contribution < -0.4 is 5.73 Å². The average Bonchev–Trinajstić information content (AvgIpc) is 2.40. The third-order valence-corrected chi connectivity index (χ3v) is 4.63. The molecule has 0 aromatic rings. The Kier molecular flexibility index (Phi) is 4.98. The van der Waals surface area contributed by atoms with Crippen molar-refractivity contribution in [2.45, 2.75) is 12.8 Å². The van der Waals surface area contributed by atoms with Crippen molar-refractivity contribution >= 4 is 10.0 Å². The van der Waals surface area contributed by atoms with Gasteiger partial charge in [0, 0.05) is 19.6 Å². The van der Waals surface area contributed by atoms with E-state index < -0.39 is 10.0 Å². The molecule has 0 aromatic heterocycles. The summed E-state index contributed by atoms with van der Waals surface area (Å²) in [5.74, 6) is 0.188. The highest BCUT2D eigenvalue weighted by atomic mass is 32.2. The van der Waals surface area contributed by atoms with Crippen LogP contribution in [0.5, 0.6) is 0 Å². The summed E-state index contributed by atoms with van der Waals surface area (Å²) >= 11 is 0. The number of nitrogens with zero attached hydrogens (tertiary/aromatic N) is 2. The maximum atomic E-state index is 11.9. The summed E-state index contributed by atoms with van der Waals surface area (Å²) in [7, 11) is -1.04. The zero-order chi connectivity index (χ0) is 11.3. The normalized spacial score (nSPS) is 21.5. The van der Waals surface area contributed by atoms with Gasteiger partial charge < -0.3 is 10.6 Å². The Labute approximate surface area is 92.3 Å². The summed E-state index contributed by atoms with van der Waals surface area (Å²) in [5, 5.41) is 0. The zero-order valence-corrected chi connectivity index (χ0v) is 10.2. The second-order valence-electron chi connectivity index (χ2n) is 4.01. The van der Waals surface area contributed by atoms with Gasteiger partial charge in [0.2, 0.25) is 10.0 Å². The highest BCUT2D eigenvalue weighted by molar-refractivity contribution is 7.89. The molecule has 1 saturated heterocycles. The standard InChI is InChI=1S/C9H21N3O2S/c1-11-5-3-6-12(8-7-11)15(13,14)9-2-4-10/h2-10H2,1H3. The quantitative estimate of drug-likeness (QED) is 0.700. The monoisotopic (exact) mass is 235 g/mol. The fourth-order valence-corrected chi connectivity index (χ4v) is 3.25. The lowest BCUT2D eigenvalue weighted by atomic mass is 10.4. The van der Waals surface area contributed by atoms with E-state index in [4.69, 9.17) is 5.73 Å². The molecular weight excluding hydrogens is 214 g/mol. The number of hydrogen-bond donors (Lipinski definition) is 1. The molecule has 0 bridgehead atoms. The van der Waals surface area contributed by atoms with Gasteiger partial charge in [-0.3, -0.25) is 0 Å². The van der Waals surface area contributed by atoms with Crippen LogP contribution in [0.15, 0.2) is 0 Å². The molecule has 0 aliphatic carbocycles.